The second-order valence-corrected chi connectivity index (χ2v) is 8.82. The summed E-state index contributed by atoms with van der Waals surface area (Å²) in [5, 5.41) is 6.79. The number of nitrogens with one attached hydrogen (secondary N) is 1. The van der Waals surface area contributed by atoms with E-state index in [0.29, 0.717) is 31.0 Å². The third kappa shape index (κ3) is 4.31. The Morgan fingerprint density at radius 3 is 2.76 bits per heavy atom. The second-order valence-electron chi connectivity index (χ2n) is 8.82. The lowest BCUT2D eigenvalue weighted by molar-refractivity contribution is 0.0985. The summed E-state index contributed by atoms with van der Waals surface area (Å²) >= 11 is 0. The maximum Gasteiger partial charge on any atom is 0.284 e. The van der Waals surface area contributed by atoms with Gasteiger partial charge in [-0.1, -0.05) is 19.3 Å². The van der Waals surface area contributed by atoms with Crippen molar-refractivity contribution >= 4 is 23.1 Å². The number of amides is 1. The van der Waals surface area contributed by atoms with E-state index in [9.17, 15) is 13.6 Å². The topological polar surface area (TPSA) is 76.7 Å². The van der Waals surface area contributed by atoms with Crippen LogP contribution in [0.15, 0.2) is 30.7 Å². The van der Waals surface area contributed by atoms with Crippen molar-refractivity contribution in [1.29, 1.82) is 0 Å². The molecule has 0 bridgehead atoms. The number of ether oxygens (including phenoxy) is 1. The van der Waals surface area contributed by atoms with E-state index < -0.39 is 18.0 Å². The smallest absolute Gasteiger partial charge is 0.284 e. The van der Waals surface area contributed by atoms with Crippen LogP contribution in [0.2, 0.25) is 0 Å². The number of carbonyl (C=O) groups is 1. The molecule has 0 unspecified atom stereocenters. The quantitative estimate of drug-likeness (QED) is 0.611. The Balaban J connectivity index is 1.42. The number of hydrogen-bond acceptors (Lipinski definition) is 5. The van der Waals surface area contributed by atoms with Crippen LogP contribution in [0.25, 0.3) is 5.65 Å². The molecule has 1 saturated carbocycles. The SMILES string of the molecule is C[C@@H]1COCCN1c1ccn2ccc(C(=O)Nc3cn(C4CCCCC4)nc3C(F)F)c2n1. The van der Waals surface area contributed by atoms with Crippen molar-refractivity contribution in [3.8, 4) is 0 Å². The van der Waals surface area contributed by atoms with Crippen molar-refractivity contribution in [3.63, 3.8) is 0 Å². The fraction of sp³-hybridized carbons (Fsp3) is 0.522. The first kappa shape index (κ1) is 21.8. The number of hydrogen-bond donors (Lipinski definition) is 1. The first-order chi connectivity index (χ1) is 16.0. The molecule has 0 spiro atoms. The van der Waals surface area contributed by atoms with Gasteiger partial charge in [0, 0.05) is 25.1 Å². The lowest BCUT2D eigenvalue weighted by Gasteiger charge is -2.34. The third-order valence-electron chi connectivity index (χ3n) is 6.56. The number of alkyl halides is 2. The standard InChI is InChI=1S/C23H28F2N6O2/c1-15-14-33-12-11-30(15)19-8-10-29-9-7-17(22(29)27-19)23(32)26-18-13-31(28-20(18)21(24)25)16-5-3-2-4-6-16/h7-10,13,15-16,21H,2-6,11-12,14H2,1H3,(H,26,32)/t15-/m1/s1. The van der Waals surface area contributed by atoms with Crippen LogP contribution >= 0.6 is 0 Å². The Morgan fingerprint density at radius 1 is 1.21 bits per heavy atom. The largest absolute Gasteiger partial charge is 0.377 e. The molecule has 1 aliphatic heterocycles. The first-order valence-corrected chi connectivity index (χ1v) is 11.5. The molecule has 2 aliphatic rings. The molecule has 1 aliphatic carbocycles. The van der Waals surface area contributed by atoms with Crippen LogP contribution < -0.4 is 10.2 Å². The van der Waals surface area contributed by atoms with Crippen LogP contribution in [-0.2, 0) is 4.74 Å². The normalized spacial score (nSPS) is 20.0. The third-order valence-corrected chi connectivity index (χ3v) is 6.56. The van der Waals surface area contributed by atoms with Gasteiger partial charge in [0.25, 0.3) is 12.3 Å². The maximum atomic E-state index is 13.7. The van der Waals surface area contributed by atoms with E-state index in [0.717, 1.165) is 37.9 Å². The Kier molecular flexibility index (Phi) is 6.01. The van der Waals surface area contributed by atoms with Crippen molar-refractivity contribution < 1.29 is 18.3 Å². The predicted molar refractivity (Wildman–Crippen MR) is 120 cm³/mol. The molecule has 10 heteroatoms. The summed E-state index contributed by atoms with van der Waals surface area (Å²) in [6.45, 7) is 4.01. The van der Waals surface area contributed by atoms with E-state index in [1.165, 1.54) is 0 Å². The van der Waals surface area contributed by atoms with Gasteiger partial charge in [-0.2, -0.15) is 5.10 Å². The van der Waals surface area contributed by atoms with Crippen LogP contribution in [-0.4, -0.2) is 50.9 Å². The molecule has 3 aromatic heterocycles. The Morgan fingerprint density at radius 2 is 2.00 bits per heavy atom. The van der Waals surface area contributed by atoms with Crippen molar-refractivity contribution in [2.45, 2.75) is 57.5 Å². The molecule has 0 radical (unpaired) electrons. The van der Waals surface area contributed by atoms with E-state index in [4.69, 9.17) is 9.72 Å². The van der Waals surface area contributed by atoms with Crippen LogP contribution in [0.5, 0.6) is 0 Å². The minimum Gasteiger partial charge on any atom is -0.377 e. The van der Waals surface area contributed by atoms with Crippen LogP contribution in [0, 0.1) is 0 Å². The number of carbonyl (C=O) groups excluding carboxylic acids is 1. The van der Waals surface area contributed by atoms with Gasteiger partial charge in [0.05, 0.1) is 36.5 Å². The molecule has 5 rings (SSSR count). The van der Waals surface area contributed by atoms with Gasteiger partial charge in [0.2, 0.25) is 0 Å². The molecule has 0 aromatic carbocycles. The van der Waals surface area contributed by atoms with Crippen molar-refractivity contribution in [3.05, 3.63) is 42.0 Å². The van der Waals surface area contributed by atoms with E-state index >= 15 is 0 Å². The van der Waals surface area contributed by atoms with Crippen molar-refractivity contribution in [2.75, 3.05) is 30.0 Å². The number of aromatic nitrogens is 4. The monoisotopic (exact) mass is 458 g/mol. The van der Waals surface area contributed by atoms with Crippen LogP contribution in [0.3, 0.4) is 0 Å². The summed E-state index contributed by atoms with van der Waals surface area (Å²) in [6, 6.07) is 3.81. The summed E-state index contributed by atoms with van der Waals surface area (Å²) in [5.41, 5.74) is 0.455. The summed E-state index contributed by atoms with van der Waals surface area (Å²) in [5.74, 6) is 0.270. The predicted octanol–water partition coefficient (Wildman–Crippen LogP) is 4.45. The average Bonchev–Trinajstić information content (AvgIpc) is 3.44. The molecular weight excluding hydrogens is 430 g/mol. The van der Waals surface area contributed by atoms with Gasteiger partial charge >= 0.3 is 0 Å². The van der Waals surface area contributed by atoms with Gasteiger partial charge in [-0.25, -0.2) is 13.8 Å². The maximum absolute atomic E-state index is 13.7. The fourth-order valence-electron chi connectivity index (χ4n) is 4.76. The summed E-state index contributed by atoms with van der Waals surface area (Å²) in [7, 11) is 0. The van der Waals surface area contributed by atoms with Gasteiger partial charge in [-0.3, -0.25) is 9.48 Å². The van der Waals surface area contributed by atoms with Gasteiger partial charge < -0.3 is 19.4 Å². The second kappa shape index (κ2) is 9.09. The van der Waals surface area contributed by atoms with Crippen LogP contribution in [0.1, 0.15) is 67.5 Å². The molecule has 4 heterocycles. The van der Waals surface area contributed by atoms with Gasteiger partial charge in [-0.15, -0.1) is 0 Å². The molecule has 1 atom stereocenters. The highest BCUT2D eigenvalue weighted by Crippen LogP contribution is 2.32. The van der Waals surface area contributed by atoms with Gasteiger partial charge in [-0.05, 0) is 31.9 Å². The molecule has 176 valence electrons. The highest BCUT2D eigenvalue weighted by Gasteiger charge is 2.26. The molecular formula is C23H28F2N6O2. The zero-order valence-electron chi connectivity index (χ0n) is 18.6. The molecule has 33 heavy (non-hydrogen) atoms. The molecule has 1 amide bonds. The molecule has 3 aromatic rings. The lowest BCUT2D eigenvalue weighted by Crippen LogP contribution is -2.44. The zero-order valence-corrected chi connectivity index (χ0v) is 18.6. The fourth-order valence-corrected chi connectivity index (χ4v) is 4.76. The van der Waals surface area contributed by atoms with E-state index in [-0.39, 0.29) is 17.8 Å². The minimum atomic E-state index is -2.77. The highest BCUT2D eigenvalue weighted by molar-refractivity contribution is 6.08. The Hall–Kier alpha value is -3.01. The summed E-state index contributed by atoms with van der Waals surface area (Å²) in [4.78, 5) is 20.0. The summed E-state index contributed by atoms with van der Waals surface area (Å²) < 4.78 is 36.2. The number of anilines is 2. The molecule has 1 N–H and O–H groups in total. The number of nitrogens with zero attached hydrogens (tertiary/aromatic N) is 5. The zero-order chi connectivity index (χ0) is 22.9. The van der Waals surface area contributed by atoms with Crippen molar-refractivity contribution in [1.82, 2.24) is 19.2 Å². The molecule has 1 saturated heterocycles. The lowest BCUT2D eigenvalue weighted by atomic mass is 9.96. The van der Waals surface area contributed by atoms with E-state index in [2.05, 4.69) is 22.2 Å². The first-order valence-electron chi connectivity index (χ1n) is 11.5. The number of fused-ring (bicyclic) bond motifs is 1. The minimum absolute atomic E-state index is 0.0536. The molecule has 2 fully saturated rings. The average molecular weight is 459 g/mol. The molecule has 8 nitrogen and oxygen atoms in total. The number of rotatable bonds is 5. The van der Waals surface area contributed by atoms with E-state index in [1.807, 2.05) is 12.3 Å². The Labute approximate surface area is 190 Å². The number of halogens is 2. The highest BCUT2D eigenvalue weighted by atomic mass is 19.3. The summed E-state index contributed by atoms with van der Waals surface area (Å²) in [6.07, 6.45) is 7.45. The Bertz CT molecular complexity index is 1140. The van der Waals surface area contributed by atoms with Gasteiger partial charge in [0.1, 0.15) is 5.82 Å². The number of morpholine rings is 1. The van der Waals surface area contributed by atoms with Crippen molar-refractivity contribution in [2.24, 2.45) is 0 Å². The van der Waals surface area contributed by atoms with E-state index in [1.54, 1.807) is 27.5 Å². The van der Waals surface area contributed by atoms with Gasteiger partial charge in [0.15, 0.2) is 11.3 Å². The van der Waals surface area contributed by atoms with Crippen LogP contribution in [0.4, 0.5) is 20.3 Å².